The molecular weight excluding hydrogens is 252 g/mol. The van der Waals surface area contributed by atoms with Crippen molar-refractivity contribution in [2.75, 3.05) is 0 Å². The highest BCUT2D eigenvalue weighted by Gasteiger charge is 2.39. The summed E-state index contributed by atoms with van der Waals surface area (Å²) >= 11 is 0. The molecule has 3 heteroatoms. The smallest absolute Gasteiger partial charge is 0.250 e. The first-order valence-electron chi connectivity index (χ1n) is 6.91. The van der Waals surface area contributed by atoms with Gasteiger partial charge in [-0.05, 0) is 61.2 Å². The summed E-state index contributed by atoms with van der Waals surface area (Å²) in [4.78, 5) is 0. The highest BCUT2D eigenvalue weighted by atomic mass is 28.4. The first kappa shape index (κ1) is 16.3. The Balaban J connectivity index is 3.30. The van der Waals surface area contributed by atoms with Crippen molar-refractivity contribution in [3.05, 3.63) is 28.3 Å². The number of benzene rings is 1. The van der Waals surface area contributed by atoms with Gasteiger partial charge in [0, 0.05) is 0 Å². The SMILES string of the molecule is Cc1cc(C)c(O[Si](C)(C)C(C)(C)C)c(C)c1CO. The van der Waals surface area contributed by atoms with Crippen molar-refractivity contribution in [3.8, 4) is 5.75 Å². The van der Waals surface area contributed by atoms with Crippen LogP contribution in [-0.2, 0) is 6.61 Å². The Morgan fingerprint density at radius 1 is 1.11 bits per heavy atom. The lowest BCUT2D eigenvalue weighted by Gasteiger charge is -2.37. The maximum atomic E-state index is 9.53. The molecule has 0 bridgehead atoms. The molecule has 0 aliphatic carbocycles. The van der Waals surface area contributed by atoms with Gasteiger partial charge in [0.25, 0.3) is 8.32 Å². The summed E-state index contributed by atoms with van der Waals surface area (Å²) < 4.78 is 6.45. The van der Waals surface area contributed by atoms with E-state index >= 15 is 0 Å². The lowest BCUT2D eigenvalue weighted by molar-refractivity contribution is 0.279. The molecule has 1 aromatic rings. The number of aliphatic hydroxyl groups excluding tert-OH is 1. The molecule has 0 aromatic heterocycles. The Morgan fingerprint density at radius 3 is 2.05 bits per heavy atom. The molecule has 19 heavy (non-hydrogen) atoms. The largest absolute Gasteiger partial charge is 0.543 e. The molecule has 0 radical (unpaired) electrons. The molecule has 0 saturated carbocycles. The predicted octanol–water partition coefficient (Wildman–Crippen LogP) is 4.49. The average molecular weight is 280 g/mol. The van der Waals surface area contributed by atoms with E-state index in [0.29, 0.717) is 0 Å². The van der Waals surface area contributed by atoms with Crippen LogP contribution in [0, 0.1) is 20.8 Å². The number of hydrogen-bond acceptors (Lipinski definition) is 2. The average Bonchev–Trinajstić information content (AvgIpc) is 2.23. The second-order valence-corrected chi connectivity index (χ2v) is 11.7. The van der Waals surface area contributed by atoms with E-state index in [4.69, 9.17) is 4.43 Å². The Morgan fingerprint density at radius 2 is 1.63 bits per heavy atom. The number of aryl methyl sites for hydroxylation is 2. The highest BCUT2D eigenvalue weighted by Crippen LogP contribution is 2.40. The molecule has 108 valence electrons. The summed E-state index contributed by atoms with van der Waals surface area (Å²) in [5, 5.41) is 9.71. The van der Waals surface area contributed by atoms with Crippen molar-refractivity contribution >= 4 is 8.32 Å². The van der Waals surface area contributed by atoms with Crippen LogP contribution in [0.3, 0.4) is 0 Å². The lowest BCUT2D eigenvalue weighted by Crippen LogP contribution is -2.44. The molecule has 0 saturated heterocycles. The standard InChI is InChI=1S/C16H28O2Si/c1-11-9-12(2)15(13(3)14(11)10-17)18-19(7,8)16(4,5)6/h9,17H,10H2,1-8H3. The van der Waals surface area contributed by atoms with Gasteiger partial charge in [-0.2, -0.15) is 0 Å². The van der Waals surface area contributed by atoms with Crippen molar-refractivity contribution < 1.29 is 9.53 Å². The van der Waals surface area contributed by atoms with E-state index in [0.717, 1.165) is 28.0 Å². The van der Waals surface area contributed by atoms with E-state index in [2.05, 4.69) is 46.9 Å². The minimum absolute atomic E-state index is 0.0752. The third-order valence-corrected chi connectivity index (χ3v) is 8.71. The molecule has 0 atom stereocenters. The molecular formula is C16H28O2Si. The van der Waals surface area contributed by atoms with Gasteiger partial charge >= 0.3 is 0 Å². The summed E-state index contributed by atoms with van der Waals surface area (Å²) in [6.45, 7) is 17.5. The maximum Gasteiger partial charge on any atom is 0.250 e. The molecule has 0 heterocycles. The molecule has 0 spiro atoms. The van der Waals surface area contributed by atoms with Gasteiger partial charge in [0.1, 0.15) is 5.75 Å². The van der Waals surface area contributed by atoms with E-state index in [1.807, 2.05) is 13.8 Å². The maximum absolute atomic E-state index is 9.53. The fourth-order valence-corrected chi connectivity index (χ4v) is 3.15. The molecule has 0 fully saturated rings. The Labute approximate surface area is 118 Å². The Hall–Kier alpha value is -0.803. The quantitative estimate of drug-likeness (QED) is 0.827. The summed E-state index contributed by atoms with van der Waals surface area (Å²) in [7, 11) is -1.84. The van der Waals surface area contributed by atoms with Crippen molar-refractivity contribution in [2.24, 2.45) is 0 Å². The second-order valence-electron chi connectivity index (χ2n) is 6.96. The molecule has 0 aliphatic heterocycles. The number of aliphatic hydroxyl groups is 1. The summed E-state index contributed by atoms with van der Waals surface area (Å²) in [5.41, 5.74) is 4.39. The molecule has 0 amide bonds. The monoisotopic (exact) mass is 280 g/mol. The van der Waals surface area contributed by atoms with Gasteiger partial charge in [-0.1, -0.05) is 26.8 Å². The van der Waals surface area contributed by atoms with Crippen LogP contribution in [0.2, 0.25) is 18.1 Å². The first-order valence-corrected chi connectivity index (χ1v) is 9.81. The third-order valence-electron chi connectivity index (χ3n) is 4.38. The zero-order chi connectivity index (χ0) is 15.0. The third kappa shape index (κ3) is 3.21. The van der Waals surface area contributed by atoms with E-state index in [-0.39, 0.29) is 11.6 Å². The van der Waals surface area contributed by atoms with Crippen LogP contribution < -0.4 is 4.43 Å². The van der Waals surface area contributed by atoms with Crippen LogP contribution >= 0.6 is 0 Å². The first-order chi connectivity index (χ1) is 8.51. The normalized spacial score (nSPS) is 12.7. The number of hydrogen-bond donors (Lipinski definition) is 1. The van der Waals surface area contributed by atoms with Gasteiger partial charge in [-0.3, -0.25) is 0 Å². The van der Waals surface area contributed by atoms with Crippen molar-refractivity contribution in [3.63, 3.8) is 0 Å². The van der Waals surface area contributed by atoms with Gasteiger partial charge in [-0.15, -0.1) is 0 Å². The van der Waals surface area contributed by atoms with Crippen LogP contribution in [0.25, 0.3) is 0 Å². The zero-order valence-corrected chi connectivity index (χ0v) is 14.6. The van der Waals surface area contributed by atoms with Crippen LogP contribution in [0.5, 0.6) is 5.75 Å². The number of rotatable bonds is 3. The zero-order valence-electron chi connectivity index (χ0n) is 13.6. The fraction of sp³-hybridized carbons (Fsp3) is 0.625. The second kappa shape index (κ2) is 5.29. The van der Waals surface area contributed by atoms with Crippen LogP contribution in [0.1, 0.15) is 43.0 Å². The van der Waals surface area contributed by atoms with Gasteiger partial charge in [0.2, 0.25) is 0 Å². The van der Waals surface area contributed by atoms with E-state index in [9.17, 15) is 5.11 Å². The fourth-order valence-electron chi connectivity index (χ4n) is 2.01. The predicted molar refractivity (Wildman–Crippen MR) is 84.4 cm³/mol. The summed E-state index contributed by atoms with van der Waals surface area (Å²) in [6, 6.07) is 2.11. The Kier molecular flexibility index (Phi) is 4.53. The molecule has 1 N–H and O–H groups in total. The molecule has 1 rings (SSSR count). The Bertz CT molecular complexity index is 471. The van der Waals surface area contributed by atoms with E-state index in [1.165, 1.54) is 0 Å². The molecule has 2 nitrogen and oxygen atoms in total. The van der Waals surface area contributed by atoms with Crippen LogP contribution in [0.4, 0.5) is 0 Å². The van der Waals surface area contributed by atoms with Gasteiger partial charge in [-0.25, -0.2) is 0 Å². The molecule has 0 unspecified atom stereocenters. The van der Waals surface area contributed by atoms with Gasteiger partial charge in [0.05, 0.1) is 6.61 Å². The van der Waals surface area contributed by atoms with Crippen molar-refractivity contribution in [2.45, 2.75) is 66.3 Å². The van der Waals surface area contributed by atoms with Crippen molar-refractivity contribution in [1.82, 2.24) is 0 Å². The van der Waals surface area contributed by atoms with Gasteiger partial charge < -0.3 is 9.53 Å². The summed E-state index contributed by atoms with van der Waals surface area (Å²) in [5.74, 6) is 0.973. The van der Waals surface area contributed by atoms with Gasteiger partial charge in [0.15, 0.2) is 0 Å². The molecule has 1 aromatic carbocycles. The van der Waals surface area contributed by atoms with Crippen LogP contribution in [-0.4, -0.2) is 13.4 Å². The van der Waals surface area contributed by atoms with Crippen LogP contribution in [0.15, 0.2) is 6.07 Å². The lowest BCUT2D eigenvalue weighted by atomic mass is 9.99. The topological polar surface area (TPSA) is 29.5 Å². The van der Waals surface area contributed by atoms with Crippen molar-refractivity contribution in [1.29, 1.82) is 0 Å². The minimum Gasteiger partial charge on any atom is -0.543 e. The molecule has 0 aliphatic rings. The highest BCUT2D eigenvalue weighted by molar-refractivity contribution is 6.74. The summed E-state index contributed by atoms with van der Waals surface area (Å²) in [6.07, 6.45) is 0. The van der Waals surface area contributed by atoms with E-state index < -0.39 is 8.32 Å². The minimum atomic E-state index is -1.84. The van der Waals surface area contributed by atoms with E-state index in [1.54, 1.807) is 0 Å².